The van der Waals surface area contributed by atoms with Gasteiger partial charge in [-0.2, -0.15) is 0 Å². The molecule has 25 heavy (non-hydrogen) atoms. The molecule has 0 aliphatic carbocycles. The van der Waals surface area contributed by atoms with E-state index in [0.717, 1.165) is 42.9 Å². The summed E-state index contributed by atoms with van der Waals surface area (Å²) in [6.45, 7) is 8.71. The molecule has 0 N–H and O–H groups in total. The number of oxazole rings is 1. The maximum absolute atomic E-state index is 12.0. The van der Waals surface area contributed by atoms with Crippen molar-refractivity contribution in [3.05, 3.63) is 41.3 Å². The lowest BCUT2D eigenvalue weighted by Gasteiger charge is -2.30. The van der Waals surface area contributed by atoms with Crippen LogP contribution in [0.4, 0.5) is 0 Å². The van der Waals surface area contributed by atoms with Crippen molar-refractivity contribution in [1.82, 2.24) is 9.88 Å². The average molecular weight is 342 g/mol. The maximum Gasteiger partial charge on any atom is 0.310 e. The molecule has 1 unspecified atom stereocenters. The van der Waals surface area contributed by atoms with Crippen LogP contribution in [0.15, 0.2) is 28.7 Å². The first-order valence-electron chi connectivity index (χ1n) is 8.99. The van der Waals surface area contributed by atoms with Crippen LogP contribution < -0.4 is 0 Å². The van der Waals surface area contributed by atoms with E-state index in [1.807, 2.05) is 26.0 Å². The first-order chi connectivity index (χ1) is 12.1. The monoisotopic (exact) mass is 342 g/mol. The van der Waals surface area contributed by atoms with Gasteiger partial charge in [-0.25, -0.2) is 4.98 Å². The molecule has 2 aromatic rings. The van der Waals surface area contributed by atoms with Crippen LogP contribution >= 0.6 is 0 Å². The molecule has 1 fully saturated rings. The molecule has 0 saturated carbocycles. The zero-order valence-electron chi connectivity index (χ0n) is 15.2. The minimum absolute atomic E-state index is 0.0304. The fourth-order valence-electron chi connectivity index (χ4n) is 3.34. The molecule has 5 nitrogen and oxygen atoms in total. The summed E-state index contributed by atoms with van der Waals surface area (Å²) in [4.78, 5) is 19.0. The fraction of sp³-hybridized carbons (Fsp3) is 0.500. The lowest BCUT2D eigenvalue weighted by Crippen LogP contribution is -2.39. The molecule has 0 spiro atoms. The molecule has 1 atom stereocenters. The van der Waals surface area contributed by atoms with Crippen molar-refractivity contribution in [1.29, 1.82) is 0 Å². The Morgan fingerprint density at radius 3 is 3.00 bits per heavy atom. The van der Waals surface area contributed by atoms with Crippen LogP contribution in [-0.4, -0.2) is 35.5 Å². The minimum atomic E-state index is -0.0791. The number of aromatic nitrogens is 1. The third-order valence-electron chi connectivity index (χ3n) is 4.66. The zero-order valence-corrected chi connectivity index (χ0v) is 15.2. The summed E-state index contributed by atoms with van der Waals surface area (Å²) in [6.07, 6.45) is 1.91. The average Bonchev–Trinajstić information content (AvgIpc) is 2.96. The number of benzene rings is 1. The lowest BCUT2D eigenvalue weighted by atomic mass is 9.98. The molecule has 5 heteroatoms. The third-order valence-corrected chi connectivity index (χ3v) is 4.66. The highest BCUT2D eigenvalue weighted by Crippen LogP contribution is 2.25. The van der Waals surface area contributed by atoms with Gasteiger partial charge in [-0.15, -0.1) is 0 Å². The molecule has 1 saturated heterocycles. The highest BCUT2D eigenvalue weighted by Gasteiger charge is 2.27. The van der Waals surface area contributed by atoms with E-state index in [9.17, 15) is 4.79 Å². The Labute approximate surface area is 149 Å². The quantitative estimate of drug-likeness (QED) is 0.775. The molecule has 134 valence electrons. The van der Waals surface area contributed by atoms with Crippen LogP contribution in [0.25, 0.3) is 11.5 Å². The molecular weight excluding hydrogens is 316 g/mol. The van der Waals surface area contributed by atoms with Gasteiger partial charge in [0.2, 0.25) is 5.89 Å². The Morgan fingerprint density at radius 1 is 1.40 bits per heavy atom. The second kappa shape index (κ2) is 7.83. The fourth-order valence-corrected chi connectivity index (χ4v) is 3.34. The predicted octanol–water partition coefficient (Wildman–Crippen LogP) is 3.73. The van der Waals surface area contributed by atoms with Gasteiger partial charge < -0.3 is 9.15 Å². The smallest absolute Gasteiger partial charge is 0.310 e. The highest BCUT2D eigenvalue weighted by molar-refractivity contribution is 5.72. The molecule has 3 rings (SSSR count). The van der Waals surface area contributed by atoms with Gasteiger partial charge in [0.1, 0.15) is 5.76 Å². The summed E-state index contributed by atoms with van der Waals surface area (Å²) in [5.41, 5.74) is 3.13. The molecule has 1 aliphatic rings. The van der Waals surface area contributed by atoms with Gasteiger partial charge in [0, 0.05) is 18.7 Å². The SMILES string of the molecule is CCOC(=O)C1CCCN(Cc2nc(-c3cccc(C)c3)oc2C)C1. The summed E-state index contributed by atoms with van der Waals surface area (Å²) in [6, 6.07) is 8.16. The van der Waals surface area contributed by atoms with Crippen molar-refractivity contribution in [3.8, 4) is 11.5 Å². The number of hydrogen-bond donors (Lipinski definition) is 0. The lowest BCUT2D eigenvalue weighted by molar-refractivity contribution is -0.150. The van der Waals surface area contributed by atoms with Crippen LogP contribution in [0.5, 0.6) is 0 Å². The van der Waals surface area contributed by atoms with Gasteiger partial charge >= 0.3 is 5.97 Å². The van der Waals surface area contributed by atoms with E-state index in [-0.39, 0.29) is 11.9 Å². The highest BCUT2D eigenvalue weighted by atomic mass is 16.5. The Hall–Kier alpha value is -2.14. The van der Waals surface area contributed by atoms with Crippen LogP contribution in [0.2, 0.25) is 0 Å². The standard InChI is InChI=1S/C20H26N2O3/c1-4-24-20(23)17-9-6-10-22(12-17)13-18-15(3)25-19(21-18)16-8-5-7-14(2)11-16/h5,7-8,11,17H,4,6,9-10,12-13H2,1-3H3. The number of carbonyl (C=O) groups is 1. The van der Waals surface area contributed by atoms with Crippen molar-refractivity contribution >= 4 is 5.97 Å². The first-order valence-corrected chi connectivity index (χ1v) is 8.99. The van der Waals surface area contributed by atoms with Crippen molar-refractivity contribution in [2.24, 2.45) is 5.92 Å². The zero-order chi connectivity index (χ0) is 17.8. The number of esters is 1. The van der Waals surface area contributed by atoms with Gasteiger partial charge in [-0.05, 0) is 52.3 Å². The Bertz CT molecular complexity index is 738. The topological polar surface area (TPSA) is 55.6 Å². The van der Waals surface area contributed by atoms with Gasteiger partial charge in [0.15, 0.2) is 0 Å². The second-order valence-electron chi connectivity index (χ2n) is 6.72. The molecule has 2 heterocycles. The van der Waals surface area contributed by atoms with Gasteiger partial charge in [0.25, 0.3) is 0 Å². The molecule has 0 amide bonds. The summed E-state index contributed by atoms with van der Waals surface area (Å²) in [5, 5.41) is 0. The molecule has 0 radical (unpaired) electrons. The van der Waals surface area contributed by atoms with E-state index >= 15 is 0 Å². The van der Waals surface area contributed by atoms with Gasteiger partial charge in [-0.1, -0.05) is 17.7 Å². The second-order valence-corrected chi connectivity index (χ2v) is 6.72. The number of ether oxygens (including phenoxy) is 1. The van der Waals surface area contributed by atoms with Crippen LogP contribution in [0, 0.1) is 19.8 Å². The Kier molecular flexibility index (Phi) is 5.53. The summed E-state index contributed by atoms with van der Waals surface area (Å²) < 4.78 is 11.1. The number of carbonyl (C=O) groups excluding carboxylic acids is 1. The third kappa shape index (κ3) is 4.28. The largest absolute Gasteiger partial charge is 0.466 e. The number of likely N-dealkylation sites (tertiary alicyclic amines) is 1. The molecule has 1 aromatic carbocycles. The number of nitrogens with zero attached hydrogens (tertiary/aromatic N) is 2. The molecular formula is C20H26N2O3. The van der Waals surface area contributed by atoms with Crippen LogP contribution in [0.3, 0.4) is 0 Å². The van der Waals surface area contributed by atoms with E-state index in [1.165, 1.54) is 5.56 Å². The molecule has 1 aliphatic heterocycles. The number of piperidine rings is 1. The summed E-state index contributed by atoms with van der Waals surface area (Å²) >= 11 is 0. The summed E-state index contributed by atoms with van der Waals surface area (Å²) in [5.74, 6) is 1.39. The van der Waals surface area contributed by atoms with E-state index in [4.69, 9.17) is 14.1 Å². The van der Waals surface area contributed by atoms with Crippen LogP contribution in [0.1, 0.15) is 36.8 Å². The first kappa shape index (κ1) is 17.7. The van der Waals surface area contributed by atoms with Gasteiger partial charge in [0.05, 0.1) is 18.2 Å². The Morgan fingerprint density at radius 2 is 2.24 bits per heavy atom. The molecule has 0 bridgehead atoms. The number of hydrogen-bond acceptors (Lipinski definition) is 5. The van der Waals surface area contributed by atoms with Crippen molar-refractivity contribution < 1.29 is 13.9 Å². The van der Waals surface area contributed by atoms with Gasteiger partial charge in [-0.3, -0.25) is 9.69 Å². The number of aryl methyl sites for hydroxylation is 2. The minimum Gasteiger partial charge on any atom is -0.466 e. The van der Waals surface area contributed by atoms with Crippen molar-refractivity contribution in [2.45, 2.75) is 40.2 Å². The van der Waals surface area contributed by atoms with Crippen LogP contribution in [-0.2, 0) is 16.1 Å². The van der Waals surface area contributed by atoms with E-state index in [0.29, 0.717) is 19.0 Å². The van der Waals surface area contributed by atoms with Crippen molar-refractivity contribution in [2.75, 3.05) is 19.7 Å². The Balaban J connectivity index is 1.70. The van der Waals surface area contributed by atoms with E-state index in [2.05, 4.69) is 24.0 Å². The molecule has 1 aromatic heterocycles. The summed E-state index contributed by atoms with van der Waals surface area (Å²) in [7, 11) is 0. The number of rotatable bonds is 5. The predicted molar refractivity (Wildman–Crippen MR) is 96.0 cm³/mol. The maximum atomic E-state index is 12.0. The van der Waals surface area contributed by atoms with E-state index in [1.54, 1.807) is 0 Å². The van der Waals surface area contributed by atoms with E-state index < -0.39 is 0 Å². The van der Waals surface area contributed by atoms with Crippen molar-refractivity contribution in [3.63, 3.8) is 0 Å². The normalized spacial score (nSPS) is 18.3.